The molecule has 12 heavy (non-hydrogen) atoms. The van der Waals surface area contributed by atoms with Crippen LogP contribution in [0.4, 0.5) is 0 Å². The topological polar surface area (TPSA) is 24.9 Å². The molecule has 0 radical (unpaired) electrons. The van der Waals surface area contributed by atoms with Crippen LogP contribution >= 0.6 is 11.6 Å². The molecule has 1 rings (SSSR count). The summed E-state index contributed by atoms with van der Waals surface area (Å²) in [6, 6.07) is 0. The molecule has 0 atom stereocenters. The molecule has 1 aromatic rings. The van der Waals surface area contributed by atoms with Crippen LogP contribution in [0, 0.1) is 6.92 Å². The average molecular weight is 185 g/mol. The Morgan fingerprint density at radius 3 is 2.83 bits per heavy atom. The molecule has 0 amide bonds. The number of likely N-dealkylation sites (N-methyl/N-ethyl adjacent to an activating group) is 1. The smallest absolute Gasteiger partial charge is 0.0624 e. The second-order valence-corrected chi connectivity index (χ2v) is 3.18. The second kappa shape index (κ2) is 4.43. The molecule has 0 spiro atoms. The molecule has 66 valence electrons. The van der Waals surface area contributed by atoms with Gasteiger partial charge in [0.05, 0.1) is 5.02 Å². The molecule has 0 aliphatic carbocycles. The third kappa shape index (κ3) is 2.19. The van der Waals surface area contributed by atoms with E-state index in [1.807, 2.05) is 20.2 Å². The van der Waals surface area contributed by atoms with Crippen LogP contribution in [0.2, 0.25) is 5.02 Å². The molecule has 1 heterocycles. The number of aryl methyl sites for hydroxylation is 1. The predicted octanol–water partition coefficient (Wildman–Crippen LogP) is 1.81. The highest BCUT2D eigenvalue weighted by molar-refractivity contribution is 6.31. The Balaban J connectivity index is 2.81. The number of rotatable bonds is 3. The third-order valence-corrected chi connectivity index (χ3v) is 2.17. The van der Waals surface area contributed by atoms with Gasteiger partial charge in [-0.15, -0.1) is 0 Å². The van der Waals surface area contributed by atoms with Crippen LogP contribution in [0.15, 0.2) is 12.4 Å². The number of halogens is 1. The van der Waals surface area contributed by atoms with Crippen LogP contribution in [0.25, 0.3) is 0 Å². The van der Waals surface area contributed by atoms with Crippen molar-refractivity contribution in [3.8, 4) is 0 Å². The van der Waals surface area contributed by atoms with E-state index < -0.39 is 0 Å². The Morgan fingerprint density at radius 2 is 2.25 bits per heavy atom. The Hall–Kier alpha value is -0.600. The van der Waals surface area contributed by atoms with Gasteiger partial charge < -0.3 is 5.32 Å². The van der Waals surface area contributed by atoms with E-state index in [2.05, 4.69) is 10.3 Å². The van der Waals surface area contributed by atoms with E-state index in [0.29, 0.717) is 0 Å². The number of nitrogens with zero attached hydrogens (tertiary/aromatic N) is 1. The molecule has 0 unspecified atom stereocenters. The number of hydrogen-bond donors (Lipinski definition) is 1. The SMILES string of the molecule is CNCCc1c(C)cncc1Cl. The minimum atomic E-state index is 0.769. The fourth-order valence-corrected chi connectivity index (χ4v) is 1.43. The van der Waals surface area contributed by atoms with Gasteiger partial charge in [0.25, 0.3) is 0 Å². The number of hydrogen-bond acceptors (Lipinski definition) is 2. The van der Waals surface area contributed by atoms with Crippen molar-refractivity contribution in [2.45, 2.75) is 13.3 Å². The van der Waals surface area contributed by atoms with Crippen LogP contribution in [-0.2, 0) is 6.42 Å². The third-order valence-electron chi connectivity index (χ3n) is 1.85. The van der Waals surface area contributed by atoms with Crippen LogP contribution < -0.4 is 5.32 Å². The van der Waals surface area contributed by atoms with E-state index in [4.69, 9.17) is 11.6 Å². The Kier molecular flexibility index (Phi) is 3.50. The lowest BCUT2D eigenvalue weighted by molar-refractivity contribution is 0.787. The van der Waals surface area contributed by atoms with Crippen molar-refractivity contribution >= 4 is 11.6 Å². The minimum Gasteiger partial charge on any atom is -0.319 e. The lowest BCUT2D eigenvalue weighted by Gasteiger charge is -2.06. The summed E-state index contributed by atoms with van der Waals surface area (Å²) in [5, 5.41) is 3.86. The Bertz CT molecular complexity index is 240. The molecule has 0 fully saturated rings. The van der Waals surface area contributed by atoms with Crippen molar-refractivity contribution in [2.24, 2.45) is 0 Å². The lowest BCUT2D eigenvalue weighted by atomic mass is 10.1. The van der Waals surface area contributed by atoms with E-state index in [0.717, 1.165) is 23.6 Å². The summed E-state index contributed by atoms with van der Waals surface area (Å²) in [5.74, 6) is 0. The van der Waals surface area contributed by atoms with Gasteiger partial charge in [0, 0.05) is 12.4 Å². The van der Waals surface area contributed by atoms with E-state index in [1.165, 1.54) is 5.56 Å². The highest BCUT2D eigenvalue weighted by atomic mass is 35.5. The standard InChI is InChI=1S/C9H13ClN2/c1-7-5-12-6-9(10)8(7)3-4-11-2/h5-6,11H,3-4H2,1-2H3. The maximum absolute atomic E-state index is 5.97. The van der Waals surface area contributed by atoms with Crippen molar-refractivity contribution in [3.05, 3.63) is 28.5 Å². The van der Waals surface area contributed by atoms with Gasteiger partial charge in [-0.1, -0.05) is 11.6 Å². The van der Waals surface area contributed by atoms with E-state index >= 15 is 0 Å². The lowest BCUT2D eigenvalue weighted by Crippen LogP contribution is -2.11. The molecule has 0 aromatic carbocycles. The molecule has 0 saturated carbocycles. The number of nitrogens with one attached hydrogen (secondary N) is 1. The Morgan fingerprint density at radius 1 is 1.50 bits per heavy atom. The van der Waals surface area contributed by atoms with Crippen molar-refractivity contribution in [1.82, 2.24) is 10.3 Å². The number of aromatic nitrogens is 1. The van der Waals surface area contributed by atoms with Crippen molar-refractivity contribution < 1.29 is 0 Å². The highest BCUT2D eigenvalue weighted by Crippen LogP contribution is 2.17. The van der Waals surface area contributed by atoms with Crippen LogP contribution in [0.5, 0.6) is 0 Å². The average Bonchev–Trinajstić information content (AvgIpc) is 2.04. The Labute approximate surface area is 78.0 Å². The van der Waals surface area contributed by atoms with Crippen molar-refractivity contribution in [1.29, 1.82) is 0 Å². The van der Waals surface area contributed by atoms with Gasteiger partial charge >= 0.3 is 0 Å². The fraction of sp³-hybridized carbons (Fsp3) is 0.444. The molecule has 0 aliphatic rings. The van der Waals surface area contributed by atoms with E-state index in [9.17, 15) is 0 Å². The molecule has 2 nitrogen and oxygen atoms in total. The van der Waals surface area contributed by atoms with Gasteiger partial charge in [-0.2, -0.15) is 0 Å². The molecule has 0 bridgehead atoms. The molecular weight excluding hydrogens is 172 g/mol. The predicted molar refractivity (Wildman–Crippen MR) is 51.6 cm³/mol. The summed E-state index contributed by atoms with van der Waals surface area (Å²) in [6.45, 7) is 2.98. The summed E-state index contributed by atoms with van der Waals surface area (Å²) in [5.41, 5.74) is 2.36. The van der Waals surface area contributed by atoms with Gasteiger partial charge in [0.1, 0.15) is 0 Å². The zero-order chi connectivity index (χ0) is 8.97. The molecule has 0 saturated heterocycles. The molecule has 0 aliphatic heterocycles. The quantitative estimate of drug-likeness (QED) is 0.775. The largest absolute Gasteiger partial charge is 0.319 e. The monoisotopic (exact) mass is 184 g/mol. The van der Waals surface area contributed by atoms with Crippen molar-refractivity contribution in [2.75, 3.05) is 13.6 Å². The fourth-order valence-electron chi connectivity index (χ4n) is 1.13. The molecule has 1 N–H and O–H groups in total. The van der Waals surface area contributed by atoms with Gasteiger partial charge in [-0.05, 0) is 38.1 Å². The number of pyridine rings is 1. The van der Waals surface area contributed by atoms with Gasteiger partial charge in [-0.3, -0.25) is 4.98 Å². The van der Waals surface area contributed by atoms with Crippen LogP contribution in [0.3, 0.4) is 0 Å². The summed E-state index contributed by atoms with van der Waals surface area (Å²) in [6.07, 6.45) is 4.50. The first-order valence-corrected chi connectivity index (χ1v) is 4.37. The first-order valence-electron chi connectivity index (χ1n) is 3.99. The molecule has 3 heteroatoms. The van der Waals surface area contributed by atoms with Crippen LogP contribution in [0.1, 0.15) is 11.1 Å². The zero-order valence-corrected chi connectivity index (χ0v) is 8.15. The van der Waals surface area contributed by atoms with Crippen LogP contribution in [-0.4, -0.2) is 18.6 Å². The highest BCUT2D eigenvalue weighted by Gasteiger charge is 2.02. The maximum atomic E-state index is 5.97. The van der Waals surface area contributed by atoms with Gasteiger partial charge in [0.15, 0.2) is 0 Å². The zero-order valence-electron chi connectivity index (χ0n) is 7.39. The van der Waals surface area contributed by atoms with E-state index in [1.54, 1.807) is 6.20 Å². The second-order valence-electron chi connectivity index (χ2n) is 2.77. The minimum absolute atomic E-state index is 0.769. The first-order chi connectivity index (χ1) is 5.75. The van der Waals surface area contributed by atoms with Gasteiger partial charge in [-0.25, -0.2) is 0 Å². The first kappa shape index (κ1) is 9.49. The summed E-state index contributed by atoms with van der Waals surface area (Å²) in [7, 11) is 1.93. The summed E-state index contributed by atoms with van der Waals surface area (Å²) >= 11 is 5.97. The summed E-state index contributed by atoms with van der Waals surface area (Å²) in [4.78, 5) is 4.00. The molecular formula is C9H13ClN2. The van der Waals surface area contributed by atoms with Crippen molar-refractivity contribution in [3.63, 3.8) is 0 Å². The van der Waals surface area contributed by atoms with E-state index in [-0.39, 0.29) is 0 Å². The molecule has 1 aromatic heterocycles. The normalized spacial score (nSPS) is 10.2. The maximum Gasteiger partial charge on any atom is 0.0624 e. The summed E-state index contributed by atoms with van der Waals surface area (Å²) < 4.78 is 0. The van der Waals surface area contributed by atoms with Gasteiger partial charge in [0.2, 0.25) is 0 Å².